The molecule has 0 saturated carbocycles. The lowest BCUT2D eigenvalue weighted by molar-refractivity contribution is -0.122. The summed E-state index contributed by atoms with van der Waals surface area (Å²) in [6, 6.07) is 7.89. The van der Waals surface area contributed by atoms with E-state index in [1.165, 1.54) is 60.7 Å². The highest BCUT2D eigenvalue weighted by Gasteiger charge is 2.35. The largest absolute Gasteiger partial charge is 0.351 e. The Balaban J connectivity index is 1.63. The number of nitrogens with one attached hydrogen (secondary N) is 1. The van der Waals surface area contributed by atoms with Crippen LogP contribution in [-0.2, 0) is 4.79 Å². The molecule has 35 heavy (non-hydrogen) atoms. The van der Waals surface area contributed by atoms with Crippen molar-refractivity contribution in [2.75, 3.05) is 18.0 Å². The monoisotopic (exact) mass is 499 g/mol. The molecule has 7 nitrogen and oxygen atoms in total. The van der Waals surface area contributed by atoms with Crippen LogP contribution in [0, 0.1) is 5.82 Å². The van der Waals surface area contributed by atoms with E-state index in [2.05, 4.69) is 10.4 Å². The Bertz CT molecular complexity index is 1190. The summed E-state index contributed by atoms with van der Waals surface area (Å²) >= 11 is 5.95. The number of amides is 3. The van der Waals surface area contributed by atoms with Crippen molar-refractivity contribution < 1.29 is 18.4 Å². The molecule has 1 saturated heterocycles. The quantitative estimate of drug-likeness (QED) is 0.614. The molecular formula is C25H24ClF2N5O2. The van der Waals surface area contributed by atoms with Gasteiger partial charge in [-0.3, -0.25) is 14.7 Å². The lowest BCUT2D eigenvalue weighted by Gasteiger charge is -2.31. The van der Waals surface area contributed by atoms with Crippen LogP contribution in [0.15, 0.2) is 77.7 Å². The summed E-state index contributed by atoms with van der Waals surface area (Å²) in [5.74, 6) is -2.17. The molecule has 182 valence electrons. The maximum Gasteiger partial charge on any atom is 0.320 e. The highest BCUT2D eigenvalue weighted by molar-refractivity contribution is 6.30. The van der Waals surface area contributed by atoms with Crippen molar-refractivity contribution in [3.63, 3.8) is 0 Å². The number of rotatable bonds is 6. The number of urea groups is 1. The lowest BCUT2D eigenvalue weighted by Crippen LogP contribution is -2.49. The summed E-state index contributed by atoms with van der Waals surface area (Å²) < 4.78 is 29.7. The van der Waals surface area contributed by atoms with Gasteiger partial charge in [0.15, 0.2) is 0 Å². The molecule has 1 aliphatic carbocycles. The first-order valence-corrected chi connectivity index (χ1v) is 11.5. The molecule has 1 aliphatic heterocycles. The number of benzene rings is 2. The van der Waals surface area contributed by atoms with Crippen molar-refractivity contribution in [1.29, 1.82) is 0 Å². The summed E-state index contributed by atoms with van der Waals surface area (Å²) in [5, 5.41) is 9.21. The topological polar surface area (TPSA) is 91.0 Å². The van der Waals surface area contributed by atoms with Gasteiger partial charge in [-0.15, -0.1) is 0 Å². The number of hydrogen-bond acceptors (Lipinski definition) is 4. The standard InChI is InChI=1S/C25H24ClF2N5O2/c26-16-7-10-18(11-8-16)33(25(29)35)23(19-5-1-2-6-20(19)27)24(34)30-22-12-9-17(15-21(22)28)31-32-13-3-4-14-32/h1-2,5-12,15,22-23H,3-4,13-14H2,(H2,29,35)(H,30,34)/b31-17+. The summed E-state index contributed by atoms with van der Waals surface area (Å²) in [6.07, 6.45) is 6.37. The van der Waals surface area contributed by atoms with Gasteiger partial charge in [-0.1, -0.05) is 35.9 Å². The highest BCUT2D eigenvalue weighted by atomic mass is 35.5. The van der Waals surface area contributed by atoms with E-state index < -0.39 is 35.7 Å². The zero-order chi connectivity index (χ0) is 24.9. The van der Waals surface area contributed by atoms with E-state index in [4.69, 9.17) is 17.3 Å². The lowest BCUT2D eigenvalue weighted by atomic mass is 10.0. The fraction of sp³-hybridized carbons (Fsp3) is 0.240. The SMILES string of the molecule is NC(=O)N(c1ccc(Cl)cc1)C(C(=O)NC1C=C/C(=N\N2CCCC2)C=C1F)c1ccccc1F. The Kier molecular flexibility index (Phi) is 7.45. The first-order chi connectivity index (χ1) is 16.8. The Hall–Kier alpha value is -3.72. The molecule has 0 radical (unpaired) electrons. The van der Waals surface area contributed by atoms with Gasteiger partial charge in [-0.25, -0.2) is 13.6 Å². The predicted molar refractivity (Wildman–Crippen MR) is 131 cm³/mol. The average molecular weight is 500 g/mol. The van der Waals surface area contributed by atoms with Gasteiger partial charge < -0.3 is 11.1 Å². The second-order valence-electron chi connectivity index (χ2n) is 8.17. The zero-order valence-corrected chi connectivity index (χ0v) is 19.5. The van der Waals surface area contributed by atoms with Gasteiger partial charge in [-0.05, 0) is 55.3 Å². The second kappa shape index (κ2) is 10.7. The average Bonchev–Trinajstić information content (AvgIpc) is 3.33. The van der Waals surface area contributed by atoms with Crippen LogP contribution >= 0.6 is 11.6 Å². The predicted octanol–water partition coefficient (Wildman–Crippen LogP) is 4.47. The third-order valence-corrected chi connectivity index (χ3v) is 5.98. The van der Waals surface area contributed by atoms with E-state index in [1.807, 2.05) is 5.01 Å². The van der Waals surface area contributed by atoms with Crippen LogP contribution < -0.4 is 16.0 Å². The molecule has 2 aromatic carbocycles. The van der Waals surface area contributed by atoms with E-state index in [-0.39, 0.29) is 11.3 Å². The van der Waals surface area contributed by atoms with Crippen LogP contribution in [0.5, 0.6) is 0 Å². The molecule has 1 fully saturated rings. The van der Waals surface area contributed by atoms with E-state index in [9.17, 15) is 18.4 Å². The maximum absolute atomic E-state index is 14.9. The normalized spacial score (nSPS) is 19.4. The summed E-state index contributed by atoms with van der Waals surface area (Å²) in [4.78, 5) is 26.9. The van der Waals surface area contributed by atoms with Crippen molar-refractivity contribution in [2.45, 2.75) is 24.9 Å². The van der Waals surface area contributed by atoms with E-state index in [0.29, 0.717) is 10.7 Å². The number of anilines is 1. The molecule has 3 N–H and O–H groups in total. The Morgan fingerprint density at radius 3 is 2.43 bits per heavy atom. The van der Waals surface area contributed by atoms with Crippen LogP contribution in [0.2, 0.25) is 5.02 Å². The molecule has 2 aromatic rings. The number of allylic oxidation sites excluding steroid dienone is 2. The number of primary amides is 1. The zero-order valence-electron chi connectivity index (χ0n) is 18.7. The minimum Gasteiger partial charge on any atom is -0.351 e. The Morgan fingerprint density at radius 2 is 1.80 bits per heavy atom. The maximum atomic E-state index is 14.9. The van der Waals surface area contributed by atoms with Gasteiger partial charge in [0.05, 0.1) is 11.8 Å². The van der Waals surface area contributed by atoms with Gasteiger partial charge in [0, 0.05) is 29.4 Å². The number of hydrazone groups is 1. The van der Waals surface area contributed by atoms with Gasteiger partial charge in [0.25, 0.3) is 0 Å². The smallest absolute Gasteiger partial charge is 0.320 e. The molecule has 2 atom stereocenters. The van der Waals surface area contributed by atoms with Crippen molar-refractivity contribution in [2.24, 2.45) is 10.8 Å². The van der Waals surface area contributed by atoms with Crippen LogP contribution in [0.4, 0.5) is 19.3 Å². The van der Waals surface area contributed by atoms with Crippen LogP contribution in [-0.4, -0.2) is 41.8 Å². The molecule has 2 aliphatic rings. The minimum atomic E-state index is -1.50. The summed E-state index contributed by atoms with van der Waals surface area (Å²) in [5.41, 5.74) is 6.18. The molecular weight excluding hydrogens is 476 g/mol. The van der Waals surface area contributed by atoms with Crippen molar-refractivity contribution >= 4 is 34.9 Å². The van der Waals surface area contributed by atoms with Gasteiger partial charge in [0.1, 0.15) is 17.7 Å². The molecule has 0 aromatic heterocycles. The van der Waals surface area contributed by atoms with Crippen LogP contribution in [0.3, 0.4) is 0 Å². The van der Waals surface area contributed by atoms with Crippen molar-refractivity contribution in [1.82, 2.24) is 10.3 Å². The summed E-state index contributed by atoms with van der Waals surface area (Å²) in [7, 11) is 0. The molecule has 1 heterocycles. The van der Waals surface area contributed by atoms with E-state index in [0.717, 1.165) is 30.8 Å². The number of nitrogens with zero attached hydrogens (tertiary/aromatic N) is 3. The highest BCUT2D eigenvalue weighted by Crippen LogP contribution is 2.30. The number of nitrogens with two attached hydrogens (primary N) is 1. The first kappa shape index (κ1) is 24.4. The van der Waals surface area contributed by atoms with Crippen LogP contribution in [0.1, 0.15) is 24.4 Å². The Labute approximate surface area is 206 Å². The Morgan fingerprint density at radius 1 is 1.11 bits per heavy atom. The fourth-order valence-electron chi connectivity index (χ4n) is 4.04. The minimum absolute atomic E-state index is 0.0980. The van der Waals surface area contributed by atoms with Gasteiger partial charge in [0.2, 0.25) is 5.91 Å². The molecule has 2 unspecified atom stereocenters. The fourth-order valence-corrected chi connectivity index (χ4v) is 4.17. The number of halogens is 3. The van der Waals surface area contributed by atoms with Crippen molar-refractivity contribution in [3.8, 4) is 0 Å². The number of carbonyl (C=O) groups excluding carboxylic acids is 2. The van der Waals surface area contributed by atoms with Crippen LogP contribution in [0.25, 0.3) is 0 Å². The van der Waals surface area contributed by atoms with E-state index in [1.54, 1.807) is 6.08 Å². The summed E-state index contributed by atoms with van der Waals surface area (Å²) in [6.45, 7) is 1.62. The molecule has 4 rings (SSSR count). The second-order valence-corrected chi connectivity index (χ2v) is 8.61. The number of carbonyl (C=O) groups is 2. The first-order valence-electron chi connectivity index (χ1n) is 11.1. The molecule has 3 amide bonds. The van der Waals surface area contributed by atoms with Gasteiger partial charge >= 0.3 is 6.03 Å². The number of hydrogen-bond donors (Lipinski definition) is 2. The van der Waals surface area contributed by atoms with E-state index >= 15 is 0 Å². The molecule has 0 bridgehead atoms. The van der Waals surface area contributed by atoms with Gasteiger partial charge in [-0.2, -0.15) is 5.10 Å². The third-order valence-electron chi connectivity index (χ3n) is 5.73. The molecule has 10 heteroatoms. The molecule has 0 spiro atoms. The van der Waals surface area contributed by atoms with Crippen molar-refractivity contribution in [3.05, 3.63) is 89.0 Å². The third kappa shape index (κ3) is 5.68.